The fourth-order valence-electron chi connectivity index (χ4n) is 18.7. The van der Waals surface area contributed by atoms with E-state index in [2.05, 4.69) is 96.8 Å². The third kappa shape index (κ3) is 19.8. The normalized spacial score (nSPS) is 16.8. The number of halogens is 7. The summed E-state index contributed by atoms with van der Waals surface area (Å²) in [6.07, 6.45) is 5.07. The molecule has 8 amide bonds. The van der Waals surface area contributed by atoms with E-state index in [0.717, 1.165) is 191 Å². The highest BCUT2D eigenvalue weighted by Gasteiger charge is 2.46. The zero-order valence-corrected chi connectivity index (χ0v) is 77.0. The highest BCUT2D eigenvalue weighted by atomic mass is 32.1. The molecule has 4 fully saturated rings. The molecule has 0 unspecified atom stereocenters. The van der Waals surface area contributed by atoms with Crippen LogP contribution in [0.1, 0.15) is 59.7 Å². The van der Waals surface area contributed by atoms with Gasteiger partial charge >= 0.3 is 36.5 Å². The molecule has 23 rings (SSSR count). The van der Waals surface area contributed by atoms with E-state index in [1.165, 1.54) is 36.7 Å². The number of aliphatic hydroxyl groups is 2. The van der Waals surface area contributed by atoms with Gasteiger partial charge in [-0.15, -0.1) is 0 Å². The van der Waals surface area contributed by atoms with Gasteiger partial charge in [-0.2, -0.15) is 26.3 Å². The molecule has 32 nitrogen and oxygen atoms in total. The number of nitrogens with one attached hydrogen (secondary N) is 5. The van der Waals surface area contributed by atoms with E-state index in [1.807, 2.05) is 107 Å². The fourth-order valence-corrected chi connectivity index (χ4v) is 19.6. The number of amides is 8. The molecule has 7 N–H and O–H groups in total. The van der Waals surface area contributed by atoms with E-state index in [4.69, 9.17) is 24.8 Å². The Hall–Kier alpha value is -16.2. The van der Waals surface area contributed by atoms with Gasteiger partial charge in [0.15, 0.2) is 28.4 Å². The molecule has 0 saturated carbocycles. The minimum absolute atomic E-state index is 0.0201. The van der Waals surface area contributed by atoms with Crippen LogP contribution in [0.15, 0.2) is 231 Å². The molecule has 3 aromatic carbocycles. The molecule has 8 aliphatic heterocycles. The number of anilines is 12. The molecule has 8 bridgehead atoms. The van der Waals surface area contributed by atoms with Crippen LogP contribution >= 0.6 is 11.3 Å². The van der Waals surface area contributed by atoms with E-state index in [0.29, 0.717) is 85.6 Å². The van der Waals surface area contributed by atoms with Crippen molar-refractivity contribution in [3.05, 3.63) is 271 Å². The van der Waals surface area contributed by atoms with Crippen LogP contribution in [-0.2, 0) is 12.4 Å². The number of rotatable bonds is 14. The highest BCUT2D eigenvalue weighted by Crippen LogP contribution is 2.47. The number of benzene rings is 3. The predicted octanol–water partition coefficient (Wildman–Crippen LogP) is 18.7. The van der Waals surface area contributed by atoms with Crippen LogP contribution in [0.25, 0.3) is 77.6 Å². The number of fused-ring (bicyclic) bond motifs is 17. The number of aliphatic hydroxyl groups excluding tert-OH is 2. The van der Waals surface area contributed by atoms with Crippen molar-refractivity contribution in [3.63, 3.8) is 0 Å². The van der Waals surface area contributed by atoms with Gasteiger partial charge in [-0.3, -0.25) is 50.5 Å². The number of aryl methyl sites for hydroxylation is 4. The molecule has 716 valence electrons. The van der Waals surface area contributed by atoms with Gasteiger partial charge < -0.3 is 44.9 Å². The summed E-state index contributed by atoms with van der Waals surface area (Å²) < 4.78 is 98.8. The van der Waals surface area contributed by atoms with Gasteiger partial charge in [-0.1, -0.05) is 35.6 Å². The standard InChI is InChI=1S/C28H23F3N6O.C25H24N8O.C24H17F4N5OS.C24H26N6O4/c1-17-13-20(8-10-32-17)23-5-6-24-26(34-23)37(22-9-12-36(24)16-22)27(38)35-25-15-19(7-11-33-25)18-3-2-4-21(14-18)28(29,30)31;1-15-11-17(5-8-26-15)20-3-4-22-24(30-20)33(19-7-10-32(22)14-19)25(34)31-23-12-18(6-9-27-23)21-13-28-16(2)29-21;25-15-4-5-18-20(11-15)35-22(30-18)31-23(34)33-16-8-9-32(12-16)19-7-6-17(29-21(19)33)13-2-1-3-14(10-13)24(26,27)28;1-15-10-16(4-7-25-15)20-2-3-21-23(28-20)30(18-6-9-29(21)12-18)24(33)27-17-5-8-26-22(11-17)34-14-19(32)13-31/h2-8,10-11,13-15,22H,9,12,16H2,1H3,(H,33,35,38);3-6,8-9,11-13,19H,7,10,14H2,1-2H3,(H,28,29)(H,27,31,34);1-7,10-11,16H,8-9,12H2,(H,30,31,34);2-5,7-8,10-11,18-19,31-32H,6,9,12-14H2,1H3,(H,26,27,33)/t22-;19-;16-;18-,19-/m0000/s1. The van der Waals surface area contributed by atoms with Crippen molar-refractivity contribution in [1.82, 2.24) is 64.8 Å². The van der Waals surface area contributed by atoms with Crippen LogP contribution in [0.4, 0.5) is 118 Å². The summed E-state index contributed by atoms with van der Waals surface area (Å²) >= 11 is 1.16. The monoisotopic (exact) mass is 1930 g/mol. The van der Waals surface area contributed by atoms with Gasteiger partial charge in [0.05, 0.1) is 110 Å². The lowest BCUT2D eigenvalue weighted by Gasteiger charge is -2.36. The topological polar surface area (TPSA) is 362 Å². The quantitative estimate of drug-likeness (QED) is 0.0497. The summed E-state index contributed by atoms with van der Waals surface area (Å²) in [5.74, 6) is 3.68. The number of urea groups is 4. The van der Waals surface area contributed by atoms with Crippen LogP contribution in [0, 0.1) is 33.5 Å². The Kier molecular flexibility index (Phi) is 25.3. The number of pyridine rings is 10. The Balaban J connectivity index is 0.000000115. The molecular formula is C101H90F7N25O7S. The SMILES string of the molecule is Cc1cc(-c2ccc3c(n2)N(C(=O)Nc2cc(-c4cccc(C(F)(F)F)c4)ccn2)[C@H]2CCN3C2)ccn1.Cc1cc(-c2ccc3c(n2)N(C(=O)Nc2cc(-c4cnc(C)[nH]4)ccn2)[C@H]2CCN3C2)ccn1.Cc1cc(-c2ccc3c(n2)N(C(=O)Nc2ccnc(OC[C@@H](O)CO)c2)[C@H]2CCN3C2)ccn1.O=C(Nc1nc2ccc(F)cc2s1)N1c2nc(-c3cccc(C(F)(F)F)c3)ccc2N2CC[C@H]1C2. The molecule has 0 aliphatic carbocycles. The van der Waals surface area contributed by atoms with E-state index in [9.17, 15) is 55.0 Å². The predicted molar refractivity (Wildman–Crippen MR) is 523 cm³/mol. The second-order valence-electron chi connectivity index (χ2n) is 35.0. The minimum atomic E-state index is -4.47. The van der Waals surface area contributed by atoms with Crippen molar-refractivity contribution >= 4 is 114 Å². The number of carbonyl (C=O) groups excluding carboxylic acids is 4. The fraction of sp³-hybridized carbons (Fsp3) is 0.248. The molecule has 40 heteroatoms. The Labute approximate surface area is 806 Å². The number of hydrogen-bond acceptors (Lipinski definition) is 24. The zero-order valence-electron chi connectivity index (χ0n) is 76.2. The van der Waals surface area contributed by atoms with Crippen molar-refractivity contribution in [2.24, 2.45) is 0 Å². The van der Waals surface area contributed by atoms with Gasteiger partial charge in [-0.25, -0.2) is 68.4 Å². The molecule has 5 atom stereocenters. The number of carbonyl (C=O) groups is 4. The second kappa shape index (κ2) is 38.6. The molecule has 141 heavy (non-hydrogen) atoms. The van der Waals surface area contributed by atoms with Crippen molar-refractivity contribution < 1.29 is 64.9 Å². The minimum Gasteiger partial charge on any atom is -0.475 e. The number of imidazole rings is 1. The molecule has 0 spiro atoms. The van der Waals surface area contributed by atoms with Crippen LogP contribution in [-0.4, -0.2) is 195 Å². The average Bonchev–Trinajstić information content (AvgIpc) is 1.65. The Bertz CT molecular complexity index is 7320. The molecule has 8 aliphatic rings. The number of aromatic nitrogens is 13. The maximum atomic E-state index is 13.6. The van der Waals surface area contributed by atoms with Crippen LogP contribution in [0.5, 0.6) is 5.88 Å². The number of hydrogen-bond donors (Lipinski definition) is 7. The van der Waals surface area contributed by atoms with E-state index in [-0.39, 0.29) is 66.4 Å². The number of H-pyrrole nitrogens is 1. The third-order valence-electron chi connectivity index (χ3n) is 25.5. The molecule has 20 heterocycles. The van der Waals surface area contributed by atoms with Gasteiger partial charge in [0.25, 0.3) is 0 Å². The molecule has 0 radical (unpaired) electrons. The Morgan fingerprint density at radius 3 is 1.27 bits per heavy atom. The van der Waals surface area contributed by atoms with E-state index >= 15 is 0 Å². The third-order valence-corrected chi connectivity index (χ3v) is 26.4. The average molecular weight is 1930 g/mol. The number of ether oxygens (including phenoxy) is 1. The second-order valence-corrected chi connectivity index (χ2v) is 36.1. The number of aromatic amines is 1. The van der Waals surface area contributed by atoms with Crippen molar-refractivity contribution in [3.8, 4) is 73.3 Å². The van der Waals surface area contributed by atoms with E-state index in [1.54, 1.807) is 105 Å². The first kappa shape index (κ1) is 92.5. The summed E-state index contributed by atoms with van der Waals surface area (Å²) in [6, 6.07) is 50.1. The number of thiazole rings is 1. The Morgan fingerprint density at radius 1 is 0.433 bits per heavy atom. The summed E-state index contributed by atoms with van der Waals surface area (Å²) in [4.78, 5) is 126. The first-order valence-electron chi connectivity index (χ1n) is 45.6. The molecule has 4 saturated heterocycles. The molecule has 12 aromatic heterocycles. The number of alkyl halides is 6. The van der Waals surface area contributed by atoms with E-state index < -0.39 is 42.2 Å². The van der Waals surface area contributed by atoms with Crippen molar-refractivity contribution in [1.29, 1.82) is 0 Å². The largest absolute Gasteiger partial charge is 0.475 e. The summed E-state index contributed by atoms with van der Waals surface area (Å²) in [6.45, 7) is 13.4. The summed E-state index contributed by atoms with van der Waals surface area (Å²) in [7, 11) is 0. The zero-order chi connectivity index (χ0) is 97.6. The molecule has 15 aromatic rings. The smallest absolute Gasteiger partial charge is 0.416 e. The van der Waals surface area contributed by atoms with Crippen LogP contribution < -0.4 is 65.2 Å². The first-order valence-corrected chi connectivity index (χ1v) is 46.4. The first-order chi connectivity index (χ1) is 68.1. The molecular weight excluding hydrogens is 1840 g/mol. The van der Waals surface area contributed by atoms with Crippen molar-refractivity contribution in [2.75, 3.05) is 126 Å². The lowest BCUT2D eigenvalue weighted by Crippen LogP contribution is -2.48. The summed E-state index contributed by atoms with van der Waals surface area (Å²) in [5.41, 5.74) is 14.3. The van der Waals surface area contributed by atoms with Gasteiger partial charge in [0, 0.05) is 146 Å². The lowest BCUT2D eigenvalue weighted by molar-refractivity contribution is -0.138. The van der Waals surface area contributed by atoms with Gasteiger partial charge in [0.2, 0.25) is 5.88 Å². The van der Waals surface area contributed by atoms with Crippen LogP contribution in [0.3, 0.4) is 0 Å². The maximum absolute atomic E-state index is 13.6. The lowest BCUT2D eigenvalue weighted by atomic mass is 10.0. The van der Waals surface area contributed by atoms with Gasteiger partial charge in [0.1, 0.15) is 36.0 Å². The Morgan fingerprint density at radius 2 is 0.830 bits per heavy atom. The van der Waals surface area contributed by atoms with Crippen LogP contribution in [0.2, 0.25) is 0 Å². The highest BCUT2D eigenvalue weighted by molar-refractivity contribution is 7.22. The maximum Gasteiger partial charge on any atom is 0.416 e. The van der Waals surface area contributed by atoms with Crippen molar-refractivity contribution in [2.45, 2.75) is 96.0 Å². The van der Waals surface area contributed by atoms with Gasteiger partial charge in [-0.05, 0) is 222 Å². The summed E-state index contributed by atoms with van der Waals surface area (Å²) in [5, 5.41) is 30.3. The number of nitrogens with zero attached hydrogens (tertiary/aromatic N) is 20.